The SMILES string of the molecule is COc1ccc(NS(=O)(=O)c2ccc(OC)c(NC(C)=O)c2)cc1Cl. The molecular formula is C16H17ClN2O5S. The fourth-order valence-corrected chi connectivity index (χ4v) is 3.42. The molecule has 0 aromatic heterocycles. The fraction of sp³-hybridized carbons (Fsp3) is 0.188. The summed E-state index contributed by atoms with van der Waals surface area (Å²) in [6.07, 6.45) is 0. The summed E-state index contributed by atoms with van der Waals surface area (Å²) in [4.78, 5) is 11.2. The maximum atomic E-state index is 12.6. The van der Waals surface area contributed by atoms with Crippen molar-refractivity contribution in [1.29, 1.82) is 0 Å². The number of methoxy groups -OCH3 is 2. The molecule has 0 unspecified atom stereocenters. The molecule has 2 N–H and O–H groups in total. The summed E-state index contributed by atoms with van der Waals surface area (Å²) in [6.45, 7) is 1.32. The molecule has 2 aromatic carbocycles. The van der Waals surface area contributed by atoms with Crippen molar-refractivity contribution >= 4 is 38.9 Å². The van der Waals surface area contributed by atoms with Crippen LogP contribution in [0.25, 0.3) is 0 Å². The van der Waals surface area contributed by atoms with E-state index in [1.165, 1.54) is 51.5 Å². The molecule has 0 aliphatic heterocycles. The monoisotopic (exact) mass is 384 g/mol. The zero-order chi connectivity index (χ0) is 18.6. The van der Waals surface area contributed by atoms with Crippen molar-refractivity contribution in [3.8, 4) is 11.5 Å². The van der Waals surface area contributed by atoms with E-state index in [0.29, 0.717) is 11.5 Å². The summed E-state index contributed by atoms with van der Waals surface area (Å²) in [7, 11) is -1.00. The Hall–Kier alpha value is -2.45. The van der Waals surface area contributed by atoms with Crippen LogP contribution >= 0.6 is 11.6 Å². The fourth-order valence-electron chi connectivity index (χ4n) is 2.09. The Morgan fingerprint density at radius 2 is 1.68 bits per heavy atom. The van der Waals surface area contributed by atoms with E-state index in [4.69, 9.17) is 21.1 Å². The number of rotatable bonds is 6. The largest absolute Gasteiger partial charge is 0.495 e. The van der Waals surface area contributed by atoms with Crippen molar-refractivity contribution in [2.45, 2.75) is 11.8 Å². The lowest BCUT2D eigenvalue weighted by molar-refractivity contribution is -0.114. The Morgan fingerprint density at radius 1 is 1.04 bits per heavy atom. The standard InChI is InChI=1S/C16H17ClN2O5S/c1-10(20)18-14-9-12(5-7-16(14)24-3)25(21,22)19-11-4-6-15(23-2)13(17)8-11/h4-9,19H,1-3H3,(H,18,20). The Balaban J connectivity index is 2.36. The van der Waals surface area contributed by atoms with Gasteiger partial charge in [0, 0.05) is 6.92 Å². The normalized spacial score (nSPS) is 10.9. The van der Waals surface area contributed by atoms with E-state index in [1.807, 2.05) is 0 Å². The molecule has 7 nitrogen and oxygen atoms in total. The molecule has 25 heavy (non-hydrogen) atoms. The molecule has 0 heterocycles. The Bertz CT molecular complexity index is 899. The summed E-state index contributed by atoms with van der Waals surface area (Å²) in [5.41, 5.74) is 0.535. The van der Waals surface area contributed by atoms with Gasteiger partial charge >= 0.3 is 0 Å². The molecule has 0 fully saturated rings. The van der Waals surface area contributed by atoms with Crippen LogP contribution in [-0.4, -0.2) is 28.5 Å². The maximum Gasteiger partial charge on any atom is 0.261 e. The van der Waals surface area contributed by atoms with Gasteiger partial charge in [0.2, 0.25) is 5.91 Å². The topological polar surface area (TPSA) is 93.7 Å². The molecule has 2 rings (SSSR count). The minimum atomic E-state index is -3.89. The molecule has 134 valence electrons. The predicted molar refractivity (Wildman–Crippen MR) is 96.1 cm³/mol. The van der Waals surface area contributed by atoms with Crippen LogP contribution in [0.1, 0.15) is 6.92 Å². The van der Waals surface area contributed by atoms with Crippen molar-refractivity contribution in [2.24, 2.45) is 0 Å². The number of hydrogen-bond acceptors (Lipinski definition) is 5. The Kier molecular flexibility index (Phi) is 5.76. The average Bonchev–Trinajstić information content (AvgIpc) is 2.54. The summed E-state index contributed by atoms with van der Waals surface area (Å²) in [6, 6.07) is 8.67. The summed E-state index contributed by atoms with van der Waals surface area (Å²) >= 11 is 6.00. The molecule has 0 aliphatic rings. The number of amides is 1. The van der Waals surface area contributed by atoms with E-state index in [0.717, 1.165) is 0 Å². The van der Waals surface area contributed by atoms with E-state index in [9.17, 15) is 13.2 Å². The van der Waals surface area contributed by atoms with Gasteiger partial charge in [-0.25, -0.2) is 8.42 Å². The molecule has 1 amide bonds. The summed E-state index contributed by atoms with van der Waals surface area (Å²) in [5, 5.41) is 2.81. The van der Waals surface area contributed by atoms with E-state index < -0.39 is 10.0 Å². The number of sulfonamides is 1. The first-order valence-electron chi connectivity index (χ1n) is 7.09. The third-order valence-corrected chi connectivity index (χ3v) is 4.87. The van der Waals surface area contributed by atoms with Crippen molar-refractivity contribution in [1.82, 2.24) is 0 Å². The van der Waals surface area contributed by atoms with Crippen LogP contribution < -0.4 is 19.5 Å². The van der Waals surface area contributed by atoms with Crippen LogP contribution in [0.4, 0.5) is 11.4 Å². The molecule has 0 saturated heterocycles. The number of nitrogens with one attached hydrogen (secondary N) is 2. The van der Waals surface area contributed by atoms with Crippen molar-refractivity contribution in [3.05, 3.63) is 41.4 Å². The molecular weight excluding hydrogens is 368 g/mol. The highest BCUT2D eigenvalue weighted by Crippen LogP contribution is 2.30. The minimum Gasteiger partial charge on any atom is -0.495 e. The number of halogens is 1. The number of anilines is 2. The van der Waals surface area contributed by atoms with Gasteiger partial charge in [-0.15, -0.1) is 0 Å². The summed E-state index contributed by atoms with van der Waals surface area (Å²) in [5.74, 6) is 0.436. The third kappa shape index (κ3) is 4.55. The Morgan fingerprint density at radius 3 is 2.24 bits per heavy atom. The van der Waals surface area contributed by atoms with Crippen molar-refractivity contribution in [2.75, 3.05) is 24.3 Å². The van der Waals surface area contributed by atoms with Crippen LogP contribution in [0.2, 0.25) is 5.02 Å². The number of hydrogen-bond donors (Lipinski definition) is 2. The van der Waals surface area contributed by atoms with Gasteiger partial charge in [-0.05, 0) is 36.4 Å². The molecule has 2 aromatic rings. The highest BCUT2D eigenvalue weighted by molar-refractivity contribution is 7.92. The van der Waals surface area contributed by atoms with Gasteiger partial charge in [-0.3, -0.25) is 9.52 Å². The first-order valence-corrected chi connectivity index (χ1v) is 8.95. The van der Waals surface area contributed by atoms with E-state index in [1.54, 1.807) is 6.07 Å². The van der Waals surface area contributed by atoms with Gasteiger partial charge < -0.3 is 14.8 Å². The zero-order valence-electron chi connectivity index (χ0n) is 13.8. The van der Waals surface area contributed by atoms with Crippen molar-refractivity contribution in [3.63, 3.8) is 0 Å². The van der Waals surface area contributed by atoms with Gasteiger partial charge in [0.05, 0.1) is 35.5 Å². The van der Waals surface area contributed by atoms with Gasteiger partial charge in [0.15, 0.2) is 0 Å². The lowest BCUT2D eigenvalue weighted by Gasteiger charge is -2.13. The molecule has 0 atom stereocenters. The van der Waals surface area contributed by atoms with Crippen LogP contribution in [0.3, 0.4) is 0 Å². The van der Waals surface area contributed by atoms with Crippen LogP contribution in [0.15, 0.2) is 41.3 Å². The maximum absolute atomic E-state index is 12.6. The second kappa shape index (κ2) is 7.62. The average molecular weight is 385 g/mol. The molecule has 0 bridgehead atoms. The lowest BCUT2D eigenvalue weighted by atomic mass is 10.3. The van der Waals surface area contributed by atoms with Gasteiger partial charge in [0.25, 0.3) is 10.0 Å². The van der Waals surface area contributed by atoms with E-state index >= 15 is 0 Å². The third-order valence-electron chi connectivity index (χ3n) is 3.20. The number of ether oxygens (including phenoxy) is 2. The highest BCUT2D eigenvalue weighted by Gasteiger charge is 2.18. The second-order valence-corrected chi connectivity index (χ2v) is 7.09. The van der Waals surface area contributed by atoms with Gasteiger partial charge in [-0.1, -0.05) is 11.6 Å². The first-order chi connectivity index (χ1) is 11.8. The Labute approximate surface area is 151 Å². The van der Waals surface area contributed by atoms with Gasteiger partial charge in [-0.2, -0.15) is 0 Å². The first kappa shape index (κ1) is 18.9. The minimum absolute atomic E-state index is 0.0380. The van der Waals surface area contributed by atoms with Crippen LogP contribution in [-0.2, 0) is 14.8 Å². The van der Waals surface area contributed by atoms with Crippen LogP contribution in [0, 0.1) is 0 Å². The molecule has 0 radical (unpaired) electrons. The molecule has 9 heteroatoms. The van der Waals surface area contributed by atoms with E-state index in [2.05, 4.69) is 10.0 Å². The molecule has 0 spiro atoms. The smallest absolute Gasteiger partial charge is 0.261 e. The molecule has 0 aliphatic carbocycles. The van der Waals surface area contributed by atoms with Gasteiger partial charge in [0.1, 0.15) is 11.5 Å². The zero-order valence-corrected chi connectivity index (χ0v) is 15.4. The highest BCUT2D eigenvalue weighted by atomic mass is 35.5. The number of carbonyl (C=O) groups excluding carboxylic acids is 1. The van der Waals surface area contributed by atoms with E-state index in [-0.39, 0.29) is 27.2 Å². The number of carbonyl (C=O) groups is 1. The van der Waals surface area contributed by atoms with Crippen molar-refractivity contribution < 1.29 is 22.7 Å². The molecule has 0 saturated carbocycles. The predicted octanol–water partition coefficient (Wildman–Crippen LogP) is 3.12. The number of benzene rings is 2. The summed E-state index contributed by atoms with van der Waals surface area (Å²) < 4.78 is 37.7. The second-order valence-electron chi connectivity index (χ2n) is 5.00. The quantitative estimate of drug-likeness (QED) is 0.798. The van der Waals surface area contributed by atoms with Crippen LogP contribution in [0.5, 0.6) is 11.5 Å². The lowest BCUT2D eigenvalue weighted by Crippen LogP contribution is -2.14.